The molecule has 0 unspecified atom stereocenters. The SMILES string of the molecule is CCC[C@H]1CCC[C@H](NC(=O)OC(C)(C)C)C(=O)O[C@@H](C)[C@@H]1c1ccccc1. The molecule has 1 amide bonds. The summed E-state index contributed by atoms with van der Waals surface area (Å²) < 4.78 is 11.2. The van der Waals surface area contributed by atoms with E-state index in [1.165, 1.54) is 5.56 Å². The van der Waals surface area contributed by atoms with Gasteiger partial charge in [-0.3, -0.25) is 0 Å². The van der Waals surface area contributed by atoms with Gasteiger partial charge in [0.2, 0.25) is 0 Å². The molecule has 1 aromatic carbocycles. The van der Waals surface area contributed by atoms with Gasteiger partial charge in [-0.25, -0.2) is 9.59 Å². The zero-order valence-electron chi connectivity index (χ0n) is 17.9. The molecular formula is C23H35NO4. The average molecular weight is 390 g/mol. The first-order valence-electron chi connectivity index (χ1n) is 10.5. The number of ether oxygens (including phenoxy) is 2. The summed E-state index contributed by atoms with van der Waals surface area (Å²) >= 11 is 0. The van der Waals surface area contributed by atoms with Crippen LogP contribution in [0.15, 0.2) is 30.3 Å². The molecule has 0 spiro atoms. The number of cyclic esters (lactones) is 1. The summed E-state index contributed by atoms with van der Waals surface area (Å²) in [5.74, 6) is 0.220. The Hall–Kier alpha value is -2.04. The minimum Gasteiger partial charge on any atom is -0.460 e. The van der Waals surface area contributed by atoms with Crippen molar-refractivity contribution in [1.29, 1.82) is 0 Å². The number of esters is 1. The van der Waals surface area contributed by atoms with Gasteiger partial charge in [-0.2, -0.15) is 0 Å². The lowest BCUT2D eigenvalue weighted by atomic mass is 9.77. The van der Waals surface area contributed by atoms with Crippen molar-refractivity contribution in [3.63, 3.8) is 0 Å². The Morgan fingerprint density at radius 1 is 1.21 bits per heavy atom. The van der Waals surface area contributed by atoms with Crippen LogP contribution >= 0.6 is 0 Å². The quantitative estimate of drug-likeness (QED) is 0.719. The second kappa shape index (κ2) is 9.94. The fourth-order valence-electron chi connectivity index (χ4n) is 4.10. The molecule has 28 heavy (non-hydrogen) atoms. The number of benzene rings is 1. The third kappa shape index (κ3) is 6.54. The summed E-state index contributed by atoms with van der Waals surface area (Å²) in [7, 11) is 0. The Balaban J connectivity index is 2.18. The molecule has 1 fully saturated rings. The molecule has 0 bridgehead atoms. The van der Waals surface area contributed by atoms with Gasteiger partial charge in [0.15, 0.2) is 0 Å². The lowest BCUT2D eigenvalue weighted by molar-refractivity contribution is -0.152. The highest BCUT2D eigenvalue weighted by atomic mass is 16.6. The first kappa shape index (κ1) is 22.3. The van der Waals surface area contributed by atoms with Crippen LogP contribution in [0, 0.1) is 5.92 Å². The molecule has 1 aromatic rings. The standard InChI is InChI=1S/C23H35NO4/c1-6-11-17-14-10-15-19(24-22(26)28-23(3,4)5)21(25)27-16(2)20(17)18-12-8-7-9-13-18/h7-9,12-13,16-17,19-20H,6,10-11,14-15H2,1-5H3,(H,24,26)/t16-,17-,19-,20-/m0/s1. The van der Waals surface area contributed by atoms with E-state index >= 15 is 0 Å². The van der Waals surface area contributed by atoms with Crippen molar-refractivity contribution in [2.45, 2.75) is 90.4 Å². The summed E-state index contributed by atoms with van der Waals surface area (Å²) in [6.45, 7) is 9.56. The van der Waals surface area contributed by atoms with Crippen LogP contribution in [0.1, 0.15) is 78.2 Å². The third-order valence-corrected chi connectivity index (χ3v) is 5.20. The van der Waals surface area contributed by atoms with Crippen LogP contribution in [0.2, 0.25) is 0 Å². The van der Waals surface area contributed by atoms with Crippen molar-refractivity contribution in [3.05, 3.63) is 35.9 Å². The van der Waals surface area contributed by atoms with E-state index in [-0.39, 0.29) is 18.0 Å². The molecule has 1 saturated heterocycles. The summed E-state index contributed by atoms with van der Waals surface area (Å²) in [6.07, 6.45) is 3.77. The third-order valence-electron chi connectivity index (χ3n) is 5.20. The van der Waals surface area contributed by atoms with Crippen LogP contribution in [0.5, 0.6) is 0 Å². The van der Waals surface area contributed by atoms with E-state index in [1.807, 2.05) is 25.1 Å². The van der Waals surface area contributed by atoms with E-state index in [9.17, 15) is 9.59 Å². The lowest BCUT2D eigenvalue weighted by Crippen LogP contribution is -2.45. The molecule has 5 heteroatoms. The molecule has 1 heterocycles. The van der Waals surface area contributed by atoms with Gasteiger partial charge < -0.3 is 14.8 Å². The van der Waals surface area contributed by atoms with Crippen molar-refractivity contribution in [2.24, 2.45) is 5.92 Å². The molecule has 156 valence electrons. The molecule has 0 aromatic heterocycles. The van der Waals surface area contributed by atoms with Gasteiger partial charge in [0.25, 0.3) is 0 Å². The highest BCUT2D eigenvalue weighted by molar-refractivity contribution is 5.81. The fourth-order valence-corrected chi connectivity index (χ4v) is 4.10. The number of amides is 1. The van der Waals surface area contributed by atoms with Crippen LogP contribution in [-0.2, 0) is 14.3 Å². The van der Waals surface area contributed by atoms with E-state index in [1.54, 1.807) is 20.8 Å². The van der Waals surface area contributed by atoms with Gasteiger partial charge in [-0.15, -0.1) is 0 Å². The Morgan fingerprint density at radius 2 is 1.89 bits per heavy atom. The Labute approximate surface area is 169 Å². The predicted octanol–water partition coefficient (Wildman–Crippen LogP) is 5.20. The second-order valence-electron chi connectivity index (χ2n) is 8.76. The van der Waals surface area contributed by atoms with E-state index < -0.39 is 17.7 Å². The summed E-state index contributed by atoms with van der Waals surface area (Å²) in [5, 5.41) is 2.71. The molecule has 1 aliphatic heterocycles. The van der Waals surface area contributed by atoms with E-state index in [0.717, 1.165) is 25.7 Å². The molecular weight excluding hydrogens is 354 g/mol. The van der Waals surface area contributed by atoms with E-state index in [4.69, 9.17) is 9.47 Å². The largest absolute Gasteiger partial charge is 0.460 e. The molecule has 0 aliphatic carbocycles. The van der Waals surface area contributed by atoms with Gasteiger partial charge in [0.05, 0.1) is 0 Å². The Morgan fingerprint density at radius 3 is 2.50 bits per heavy atom. The van der Waals surface area contributed by atoms with Crippen molar-refractivity contribution >= 4 is 12.1 Å². The highest BCUT2D eigenvalue weighted by Crippen LogP contribution is 2.37. The number of alkyl carbamates (subject to hydrolysis) is 1. The van der Waals surface area contributed by atoms with Crippen LogP contribution in [0.4, 0.5) is 4.79 Å². The first-order chi connectivity index (χ1) is 13.2. The Kier molecular flexibility index (Phi) is 7.90. The van der Waals surface area contributed by atoms with Crippen LogP contribution in [0.3, 0.4) is 0 Å². The lowest BCUT2D eigenvalue weighted by Gasteiger charge is -2.31. The van der Waals surface area contributed by atoms with Crippen molar-refractivity contribution < 1.29 is 19.1 Å². The first-order valence-corrected chi connectivity index (χ1v) is 10.5. The summed E-state index contributed by atoms with van der Waals surface area (Å²) in [4.78, 5) is 24.9. The Bertz CT molecular complexity index is 638. The van der Waals surface area contributed by atoms with Crippen LogP contribution in [0.25, 0.3) is 0 Å². The maximum Gasteiger partial charge on any atom is 0.408 e. The fraction of sp³-hybridized carbons (Fsp3) is 0.652. The highest BCUT2D eigenvalue weighted by Gasteiger charge is 2.35. The molecule has 0 radical (unpaired) electrons. The normalized spacial score (nSPS) is 26.4. The zero-order chi connectivity index (χ0) is 20.7. The van der Waals surface area contributed by atoms with Crippen molar-refractivity contribution in [3.8, 4) is 0 Å². The molecule has 2 rings (SSSR count). The number of carbonyl (C=O) groups excluding carboxylic acids is 2. The average Bonchev–Trinajstić information content (AvgIpc) is 2.64. The topological polar surface area (TPSA) is 64.6 Å². The summed E-state index contributed by atoms with van der Waals surface area (Å²) in [6, 6.07) is 9.64. The molecule has 4 atom stereocenters. The number of carbonyl (C=O) groups is 2. The number of nitrogens with one attached hydrogen (secondary N) is 1. The minimum absolute atomic E-state index is 0.158. The smallest absolute Gasteiger partial charge is 0.408 e. The minimum atomic E-state index is -0.672. The van der Waals surface area contributed by atoms with Gasteiger partial charge in [0.1, 0.15) is 17.7 Å². The number of hydrogen-bond acceptors (Lipinski definition) is 4. The van der Waals surface area contributed by atoms with Crippen molar-refractivity contribution in [1.82, 2.24) is 5.32 Å². The van der Waals surface area contributed by atoms with Gasteiger partial charge >= 0.3 is 12.1 Å². The number of hydrogen-bond donors (Lipinski definition) is 1. The van der Waals surface area contributed by atoms with Gasteiger partial charge in [-0.05, 0) is 58.4 Å². The maximum atomic E-state index is 12.8. The van der Waals surface area contributed by atoms with Crippen LogP contribution in [-0.4, -0.2) is 29.8 Å². The zero-order valence-corrected chi connectivity index (χ0v) is 17.9. The van der Waals surface area contributed by atoms with Crippen molar-refractivity contribution in [2.75, 3.05) is 0 Å². The second-order valence-corrected chi connectivity index (χ2v) is 8.76. The van der Waals surface area contributed by atoms with E-state index in [2.05, 4.69) is 24.4 Å². The molecule has 5 nitrogen and oxygen atoms in total. The van der Waals surface area contributed by atoms with Gasteiger partial charge in [0, 0.05) is 5.92 Å². The predicted molar refractivity (Wildman–Crippen MR) is 110 cm³/mol. The van der Waals surface area contributed by atoms with E-state index in [0.29, 0.717) is 12.3 Å². The molecule has 0 saturated carbocycles. The maximum absolute atomic E-state index is 12.8. The van der Waals surface area contributed by atoms with Crippen LogP contribution < -0.4 is 5.32 Å². The molecule has 1 aliphatic rings. The molecule has 1 N–H and O–H groups in total. The summed E-state index contributed by atoms with van der Waals surface area (Å²) in [5.41, 5.74) is 0.601. The monoisotopic (exact) mass is 389 g/mol. The number of rotatable bonds is 4. The van der Waals surface area contributed by atoms with Gasteiger partial charge in [-0.1, -0.05) is 50.1 Å².